The van der Waals surface area contributed by atoms with Crippen LogP contribution < -0.4 is 4.72 Å². The fraction of sp³-hybridized carbons (Fsp3) is 0.333. The highest BCUT2D eigenvalue weighted by Crippen LogP contribution is 2.20. The number of benzene rings is 1. The average molecular weight is 199 g/mol. The van der Waals surface area contributed by atoms with Crippen LogP contribution in [-0.2, 0) is 17.7 Å². The van der Waals surface area contributed by atoms with Crippen LogP contribution in [0.5, 0.6) is 0 Å². The average Bonchev–Trinajstić information content (AvgIpc) is 2.08. The van der Waals surface area contributed by atoms with Crippen molar-refractivity contribution in [2.75, 3.05) is 4.72 Å². The molecule has 1 atom stereocenters. The van der Waals surface area contributed by atoms with Gasteiger partial charge < -0.3 is 0 Å². The molecule has 0 radical (unpaired) electrons. The zero-order chi connectivity index (χ0) is 9.84. The van der Waals surface area contributed by atoms with Gasteiger partial charge in [-0.3, -0.25) is 9.27 Å². The fourth-order valence-corrected chi connectivity index (χ4v) is 1.72. The zero-order valence-corrected chi connectivity index (χ0v) is 8.52. The van der Waals surface area contributed by atoms with Gasteiger partial charge in [0.05, 0.1) is 5.69 Å². The van der Waals surface area contributed by atoms with Gasteiger partial charge in [-0.2, -0.15) is 0 Å². The summed E-state index contributed by atoms with van der Waals surface area (Å²) in [7, 11) is 0. The summed E-state index contributed by atoms with van der Waals surface area (Å²) in [6, 6.07) is 5.80. The SMILES string of the molecule is CCc1cccc(C)c1NS(=O)O. The Morgan fingerprint density at radius 1 is 1.54 bits per heavy atom. The molecular formula is C9H13NO2S. The minimum absolute atomic E-state index is 0.769. The van der Waals surface area contributed by atoms with Crippen molar-refractivity contribution in [3.8, 4) is 0 Å². The lowest BCUT2D eigenvalue weighted by atomic mass is 10.1. The summed E-state index contributed by atoms with van der Waals surface area (Å²) in [5.41, 5.74) is 2.81. The normalized spacial score (nSPS) is 12.5. The van der Waals surface area contributed by atoms with Crippen LogP contribution in [0.2, 0.25) is 0 Å². The predicted molar refractivity (Wildman–Crippen MR) is 55.0 cm³/mol. The first-order valence-corrected chi connectivity index (χ1v) is 5.21. The van der Waals surface area contributed by atoms with E-state index in [2.05, 4.69) is 4.72 Å². The molecule has 1 rings (SSSR count). The van der Waals surface area contributed by atoms with Crippen LogP contribution in [0.3, 0.4) is 0 Å². The van der Waals surface area contributed by atoms with Crippen LogP contribution in [0.25, 0.3) is 0 Å². The molecule has 72 valence electrons. The minimum atomic E-state index is -1.99. The number of para-hydroxylation sites is 1. The molecule has 0 spiro atoms. The van der Waals surface area contributed by atoms with E-state index in [-0.39, 0.29) is 0 Å². The summed E-state index contributed by atoms with van der Waals surface area (Å²) in [4.78, 5) is 0. The minimum Gasteiger partial charge on any atom is -0.289 e. The van der Waals surface area contributed by atoms with Crippen molar-refractivity contribution in [3.63, 3.8) is 0 Å². The molecule has 3 nitrogen and oxygen atoms in total. The van der Waals surface area contributed by atoms with Crippen LogP contribution in [0.4, 0.5) is 5.69 Å². The first-order chi connectivity index (χ1) is 6.15. The Morgan fingerprint density at radius 3 is 2.77 bits per heavy atom. The van der Waals surface area contributed by atoms with Crippen molar-refractivity contribution in [3.05, 3.63) is 29.3 Å². The summed E-state index contributed by atoms with van der Waals surface area (Å²) in [6.45, 7) is 3.93. The first kappa shape index (κ1) is 10.2. The molecule has 1 unspecified atom stereocenters. The number of aryl methyl sites for hydroxylation is 2. The van der Waals surface area contributed by atoms with Gasteiger partial charge in [0.1, 0.15) is 0 Å². The lowest BCUT2D eigenvalue weighted by Crippen LogP contribution is -2.06. The van der Waals surface area contributed by atoms with Gasteiger partial charge in [-0.15, -0.1) is 0 Å². The summed E-state index contributed by atoms with van der Waals surface area (Å²) in [5.74, 6) is 0. The third-order valence-electron chi connectivity index (χ3n) is 1.93. The fourth-order valence-electron chi connectivity index (χ4n) is 1.26. The third kappa shape index (κ3) is 2.54. The van der Waals surface area contributed by atoms with E-state index in [1.807, 2.05) is 32.0 Å². The van der Waals surface area contributed by atoms with Gasteiger partial charge in [-0.25, -0.2) is 4.21 Å². The lowest BCUT2D eigenvalue weighted by Gasteiger charge is -2.10. The van der Waals surface area contributed by atoms with Crippen molar-refractivity contribution in [2.45, 2.75) is 20.3 Å². The molecule has 0 aromatic heterocycles. The molecule has 13 heavy (non-hydrogen) atoms. The maximum absolute atomic E-state index is 10.6. The van der Waals surface area contributed by atoms with E-state index in [0.29, 0.717) is 0 Å². The monoisotopic (exact) mass is 199 g/mol. The second kappa shape index (κ2) is 4.39. The van der Waals surface area contributed by atoms with Crippen LogP contribution in [0.1, 0.15) is 18.1 Å². The Balaban J connectivity index is 3.07. The Labute approximate surface area is 80.6 Å². The molecule has 0 saturated carbocycles. The third-order valence-corrected chi connectivity index (χ3v) is 2.31. The molecule has 1 aromatic rings. The largest absolute Gasteiger partial charge is 0.289 e. The predicted octanol–water partition coefficient (Wildman–Crippen LogP) is 2.11. The van der Waals surface area contributed by atoms with Crippen LogP contribution in [0, 0.1) is 6.92 Å². The molecule has 0 aliphatic carbocycles. The van der Waals surface area contributed by atoms with Gasteiger partial charge in [0.25, 0.3) is 11.3 Å². The van der Waals surface area contributed by atoms with E-state index in [1.54, 1.807) is 0 Å². The Kier molecular flexibility index (Phi) is 3.45. The standard InChI is InChI=1S/C9H13NO2S/c1-3-8-6-4-5-7(2)9(8)10-13(11)12/h4-6,10H,3H2,1-2H3,(H,11,12). The van der Waals surface area contributed by atoms with Crippen molar-refractivity contribution in [1.29, 1.82) is 0 Å². The molecule has 0 saturated heterocycles. The molecular weight excluding hydrogens is 186 g/mol. The molecule has 0 heterocycles. The van der Waals surface area contributed by atoms with Crippen LogP contribution >= 0.6 is 0 Å². The number of anilines is 1. The number of nitrogens with one attached hydrogen (secondary N) is 1. The van der Waals surface area contributed by atoms with Crippen molar-refractivity contribution in [1.82, 2.24) is 0 Å². The van der Waals surface area contributed by atoms with Crippen LogP contribution in [-0.4, -0.2) is 8.76 Å². The van der Waals surface area contributed by atoms with E-state index >= 15 is 0 Å². The van der Waals surface area contributed by atoms with Gasteiger partial charge in [0, 0.05) is 0 Å². The number of hydrogen-bond acceptors (Lipinski definition) is 1. The summed E-state index contributed by atoms with van der Waals surface area (Å²) in [5, 5.41) is 0. The first-order valence-electron chi connectivity index (χ1n) is 4.11. The molecule has 0 aliphatic rings. The van der Waals surface area contributed by atoms with Gasteiger partial charge in [-0.05, 0) is 24.5 Å². The highest BCUT2D eigenvalue weighted by molar-refractivity contribution is 7.80. The van der Waals surface area contributed by atoms with E-state index in [1.165, 1.54) is 0 Å². The van der Waals surface area contributed by atoms with Gasteiger partial charge >= 0.3 is 0 Å². The molecule has 4 heteroatoms. The Bertz CT molecular complexity index is 325. The van der Waals surface area contributed by atoms with E-state index in [0.717, 1.165) is 23.2 Å². The summed E-state index contributed by atoms with van der Waals surface area (Å²) >= 11 is -1.99. The highest BCUT2D eigenvalue weighted by Gasteiger charge is 2.04. The molecule has 0 fully saturated rings. The smallest absolute Gasteiger partial charge is 0.259 e. The van der Waals surface area contributed by atoms with Gasteiger partial charge in [0.2, 0.25) is 0 Å². The van der Waals surface area contributed by atoms with Gasteiger partial charge in [-0.1, -0.05) is 25.1 Å². The number of hydrogen-bond donors (Lipinski definition) is 2. The molecule has 0 aliphatic heterocycles. The molecule has 1 aromatic carbocycles. The van der Waals surface area contributed by atoms with Gasteiger partial charge in [0.15, 0.2) is 0 Å². The Morgan fingerprint density at radius 2 is 2.23 bits per heavy atom. The second-order valence-electron chi connectivity index (χ2n) is 2.81. The number of rotatable bonds is 3. The molecule has 0 bridgehead atoms. The molecule has 0 amide bonds. The van der Waals surface area contributed by atoms with Crippen molar-refractivity contribution >= 4 is 17.0 Å². The van der Waals surface area contributed by atoms with E-state index in [4.69, 9.17) is 4.55 Å². The van der Waals surface area contributed by atoms with E-state index in [9.17, 15) is 4.21 Å². The van der Waals surface area contributed by atoms with Crippen molar-refractivity contribution < 1.29 is 8.76 Å². The maximum Gasteiger partial charge on any atom is 0.259 e. The second-order valence-corrected chi connectivity index (χ2v) is 3.52. The summed E-state index contributed by atoms with van der Waals surface area (Å²) in [6.07, 6.45) is 0.848. The quantitative estimate of drug-likeness (QED) is 0.732. The van der Waals surface area contributed by atoms with Crippen molar-refractivity contribution in [2.24, 2.45) is 0 Å². The zero-order valence-electron chi connectivity index (χ0n) is 7.70. The summed E-state index contributed by atoms with van der Waals surface area (Å²) < 4.78 is 21.8. The highest BCUT2D eigenvalue weighted by atomic mass is 32.2. The maximum atomic E-state index is 10.6. The Hall–Kier alpha value is -0.870. The topological polar surface area (TPSA) is 49.3 Å². The lowest BCUT2D eigenvalue weighted by molar-refractivity contribution is 0.570. The molecule has 2 N–H and O–H groups in total. The van der Waals surface area contributed by atoms with E-state index < -0.39 is 11.3 Å². The van der Waals surface area contributed by atoms with Crippen LogP contribution in [0.15, 0.2) is 18.2 Å².